The van der Waals surface area contributed by atoms with Gasteiger partial charge in [0.1, 0.15) is 5.69 Å². The Hall–Kier alpha value is -1.70. The van der Waals surface area contributed by atoms with Gasteiger partial charge in [0.15, 0.2) is 5.84 Å². The topological polar surface area (TPSA) is 96.0 Å². The zero-order chi connectivity index (χ0) is 14.9. The first-order chi connectivity index (χ1) is 10.3. The lowest BCUT2D eigenvalue weighted by molar-refractivity contribution is 0.0374. The van der Waals surface area contributed by atoms with Crippen LogP contribution in [0.1, 0.15) is 17.7 Å². The smallest absolute Gasteiger partial charge is 0.189 e. The summed E-state index contributed by atoms with van der Waals surface area (Å²) >= 11 is 0. The molecular formula is C14H23N5O2. The van der Waals surface area contributed by atoms with Crippen molar-refractivity contribution < 1.29 is 9.94 Å². The zero-order valence-corrected chi connectivity index (χ0v) is 12.2. The molecule has 116 valence electrons. The van der Waals surface area contributed by atoms with E-state index in [4.69, 9.17) is 15.7 Å². The van der Waals surface area contributed by atoms with Crippen LogP contribution in [0.4, 0.5) is 0 Å². The maximum Gasteiger partial charge on any atom is 0.189 e. The average molecular weight is 293 g/mol. The molecule has 21 heavy (non-hydrogen) atoms. The number of hydrogen-bond acceptors (Lipinski definition) is 6. The summed E-state index contributed by atoms with van der Waals surface area (Å²) in [4.78, 5) is 6.56. The molecule has 0 radical (unpaired) electrons. The van der Waals surface area contributed by atoms with Gasteiger partial charge >= 0.3 is 0 Å². The third-order valence-corrected chi connectivity index (χ3v) is 3.49. The molecule has 1 saturated heterocycles. The largest absolute Gasteiger partial charge is 0.409 e. The number of rotatable bonds is 7. The lowest BCUT2D eigenvalue weighted by atomic mass is 10.2. The van der Waals surface area contributed by atoms with Crippen LogP contribution in [0.5, 0.6) is 0 Å². The fourth-order valence-corrected chi connectivity index (χ4v) is 2.33. The van der Waals surface area contributed by atoms with Crippen molar-refractivity contribution >= 4 is 5.84 Å². The molecule has 2 rings (SSSR count). The third kappa shape index (κ3) is 4.96. The van der Waals surface area contributed by atoms with Gasteiger partial charge in [-0.3, -0.25) is 9.88 Å². The van der Waals surface area contributed by atoms with Crippen molar-refractivity contribution in [1.82, 2.24) is 15.2 Å². The molecule has 0 bridgehead atoms. The maximum absolute atomic E-state index is 8.75. The number of nitrogens with one attached hydrogen (secondary N) is 1. The van der Waals surface area contributed by atoms with Crippen molar-refractivity contribution in [2.75, 3.05) is 39.4 Å². The number of amidine groups is 1. The van der Waals surface area contributed by atoms with Gasteiger partial charge in [0.25, 0.3) is 0 Å². The second-order valence-corrected chi connectivity index (χ2v) is 4.98. The van der Waals surface area contributed by atoms with Crippen LogP contribution in [0.3, 0.4) is 0 Å². The highest BCUT2D eigenvalue weighted by molar-refractivity contribution is 5.96. The van der Waals surface area contributed by atoms with Crippen molar-refractivity contribution in [2.24, 2.45) is 10.9 Å². The minimum Gasteiger partial charge on any atom is -0.409 e. The molecule has 1 fully saturated rings. The quantitative estimate of drug-likeness (QED) is 0.215. The summed E-state index contributed by atoms with van der Waals surface area (Å²) in [6.07, 6.45) is 2.72. The van der Waals surface area contributed by atoms with E-state index >= 15 is 0 Å². The molecule has 1 aromatic rings. The van der Waals surface area contributed by atoms with Crippen LogP contribution in [0.2, 0.25) is 0 Å². The van der Waals surface area contributed by atoms with Crippen molar-refractivity contribution in [3.63, 3.8) is 0 Å². The summed E-state index contributed by atoms with van der Waals surface area (Å²) in [6, 6.07) is 3.77. The Morgan fingerprint density at radius 2 is 2.29 bits per heavy atom. The number of morpholine rings is 1. The van der Waals surface area contributed by atoms with E-state index in [0.717, 1.165) is 51.4 Å². The Kier molecular flexibility index (Phi) is 6.39. The highest BCUT2D eigenvalue weighted by Crippen LogP contribution is 2.05. The van der Waals surface area contributed by atoms with Gasteiger partial charge in [0.05, 0.1) is 13.2 Å². The Morgan fingerprint density at radius 3 is 3.05 bits per heavy atom. The van der Waals surface area contributed by atoms with E-state index in [1.165, 1.54) is 0 Å². The molecule has 0 amide bonds. The molecule has 1 aromatic heterocycles. The fourth-order valence-electron chi connectivity index (χ4n) is 2.33. The van der Waals surface area contributed by atoms with Gasteiger partial charge < -0.3 is 21.0 Å². The van der Waals surface area contributed by atoms with Gasteiger partial charge in [-0.1, -0.05) is 11.2 Å². The molecule has 7 nitrogen and oxygen atoms in total. The standard InChI is InChI=1S/C14H23N5O2/c15-14(18-20)13-12(3-1-5-17-13)11-16-4-2-6-19-7-9-21-10-8-19/h1,3,5,16,20H,2,4,6-11H2,(H2,15,18). The van der Waals surface area contributed by atoms with Crippen LogP contribution in [0.25, 0.3) is 0 Å². The van der Waals surface area contributed by atoms with Crippen LogP contribution in [-0.2, 0) is 11.3 Å². The summed E-state index contributed by atoms with van der Waals surface area (Å²) in [5, 5.41) is 15.1. The normalized spacial score (nSPS) is 17.0. The number of oxime groups is 1. The molecule has 0 spiro atoms. The second-order valence-electron chi connectivity index (χ2n) is 4.98. The number of ether oxygens (including phenoxy) is 1. The van der Waals surface area contributed by atoms with Gasteiger partial charge in [-0.05, 0) is 31.1 Å². The minimum atomic E-state index is 0.0423. The number of nitrogens with zero attached hydrogens (tertiary/aromatic N) is 3. The van der Waals surface area contributed by atoms with E-state index in [1.807, 2.05) is 12.1 Å². The molecule has 1 aliphatic heterocycles. The summed E-state index contributed by atoms with van der Waals surface area (Å²) < 4.78 is 5.32. The lowest BCUT2D eigenvalue weighted by Gasteiger charge is -2.26. The van der Waals surface area contributed by atoms with Gasteiger partial charge in [0, 0.05) is 25.8 Å². The lowest BCUT2D eigenvalue weighted by Crippen LogP contribution is -2.37. The van der Waals surface area contributed by atoms with Crippen LogP contribution in [-0.4, -0.2) is 60.3 Å². The highest BCUT2D eigenvalue weighted by atomic mass is 16.5. The Morgan fingerprint density at radius 1 is 1.48 bits per heavy atom. The Balaban J connectivity index is 1.71. The second kappa shape index (κ2) is 8.56. The first-order valence-electron chi connectivity index (χ1n) is 7.24. The number of aromatic nitrogens is 1. The molecule has 0 aromatic carbocycles. The first-order valence-corrected chi connectivity index (χ1v) is 7.24. The molecule has 0 saturated carbocycles. The molecule has 1 aliphatic rings. The highest BCUT2D eigenvalue weighted by Gasteiger charge is 2.10. The van der Waals surface area contributed by atoms with E-state index in [1.54, 1.807) is 6.20 Å². The monoisotopic (exact) mass is 293 g/mol. The molecule has 0 atom stereocenters. The molecule has 2 heterocycles. The summed E-state index contributed by atoms with van der Waals surface area (Å²) in [5.74, 6) is 0.0423. The predicted molar refractivity (Wildman–Crippen MR) is 80.3 cm³/mol. The third-order valence-electron chi connectivity index (χ3n) is 3.49. The van der Waals surface area contributed by atoms with Gasteiger partial charge in [-0.25, -0.2) is 0 Å². The van der Waals surface area contributed by atoms with Gasteiger partial charge in [-0.15, -0.1) is 0 Å². The zero-order valence-electron chi connectivity index (χ0n) is 12.2. The van der Waals surface area contributed by atoms with Crippen molar-refractivity contribution in [3.8, 4) is 0 Å². The molecule has 0 unspecified atom stereocenters. The number of pyridine rings is 1. The van der Waals surface area contributed by atoms with Crippen LogP contribution in [0, 0.1) is 0 Å². The number of nitrogens with two attached hydrogens (primary N) is 1. The van der Waals surface area contributed by atoms with Crippen LogP contribution in [0.15, 0.2) is 23.5 Å². The van der Waals surface area contributed by atoms with Crippen molar-refractivity contribution in [2.45, 2.75) is 13.0 Å². The average Bonchev–Trinajstić information content (AvgIpc) is 2.55. The van der Waals surface area contributed by atoms with Crippen molar-refractivity contribution in [3.05, 3.63) is 29.6 Å². The van der Waals surface area contributed by atoms with Crippen LogP contribution >= 0.6 is 0 Å². The van der Waals surface area contributed by atoms with Gasteiger partial charge in [0.2, 0.25) is 0 Å². The van der Waals surface area contributed by atoms with E-state index in [9.17, 15) is 0 Å². The summed E-state index contributed by atoms with van der Waals surface area (Å²) in [7, 11) is 0. The summed E-state index contributed by atoms with van der Waals surface area (Å²) in [5.41, 5.74) is 7.07. The van der Waals surface area contributed by atoms with Crippen molar-refractivity contribution in [1.29, 1.82) is 0 Å². The van der Waals surface area contributed by atoms with E-state index in [-0.39, 0.29) is 5.84 Å². The van der Waals surface area contributed by atoms with Crippen LogP contribution < -0.4 is 11.1 Å². The van der Waals surface area contributed by atoms with Gasteiger partial charge in [-0.2, -0.15) is 0 Å². The molecule has 4 N–H and O–H groups in total. The minimum absolute atomic E-state index is 0.0423. The first kappa shape index (κ1) is 15.7. The predicted octanol–water partition coefficient (Wildman–Crippen LogP) is -0.0120. The Labute approximate surface area is 124 Å². The molecule has 7 heteroatoms. The Bertz CT molecular complexity index is 460. The molecule has 0 aliphatic carbocycles. The fraction of sp³-hybridized carbons (Fsp3) is 0.571. The molecular weight excluding hydrogens is 270 g/mol. The van der Waals surface area contributed by atoms with E-state index in [0.29, 0.717) is 12.2 Å². The SMILES string of the molecule is NC(=NO)c1ncccc1CNCCCN1CCOCC1. The summed E-state index contributed by atoms with van der Waals surface area (Å²) in [6.45, 7) is 6.38. The number of hydrogen-bond donors (Lipinski definition) is 3. The van der Waals surface area contributed by atoms with E-state index in [2.05, 4.69) is 20.4 Å². The maximum atomic E-state index is 8.75. The van der Waals surface area contributed by atoms with E-state index < -0.39 is 0 Å².